The molecule has 92 valence electrons. The smallest absolute Gasteiger partial charge is 0.167 e. The van der Waals surface area contributed by atoms with Gasteiger partial charge in [-0.25, -0.2) is 4.98 Å². The number of anilines is 2. The summed E-state index contributed by atoms with van der Waals surface area (Å²) in [7, 11) is 0. The maximum Gasteiger partial charge on any atom is 0.167 e. The van der Waals surface area contributed by atoms with Gasteiger partial charge in [-0.2, -0.15) is 0 Å². The quantitative estimate of drug-likeness (QED) is 0.656. The topological polar surface area (TPSA) is 82.0 Å². The van der Waals surface area contributed by atoms with Gasteiger partial charge in [0, 0.05) is 23.7 Å². The van der Waals surface area contributed by atoms with Crippen LogP contribution >= 0.6 is 11.6 Å². The molecule has 0 bridgehead atoms. The van der Waals surface area contributed by atoms with Crippen LogP contribution in [0, 0.1) is 0 Å². The van der Waals surface area contributed by atoms with Gasteiger partial charge in [0.15, 0.2) is 5.78 Å². The molecule has 0 saturated heterocycles. The summed E-state index contributed by atoms with van der Waals surface area (Å²) >= 11 is 5.88. The number of nitrogens with zero attached hydrogens (tertiary/aromatic N) is 1. The van der Waals surface area contributed by atoms with Gasteiger partial charge in [-0.3, -0.25) is 4.79 Å². The second-order valence-electron chi connectivity index (χ2n) is 3.88. The Morgan fingerprint density at radius 1 is 1.28 bits per heavy atom. The Labute approximate surface area is 110 Å². The summed E-state index contributed by atoms with van der Waals surface area (Å²) in [6.07, 6.45) is 1.78. The molecule has 0 aliphatic rings. The number of benzene rings is 1. The van der Waals surface area contributed by atoms with Crippen molar-refractivity contribution in [3.8, 4) is 0 Å². The third kappa shape index (κ3) is 2.60. The van der Waals surface area contributed by atoms with E-state index in [1.54, 1.807) is 36.5 Å². The van der Waals surface area contributed by atoms with E-state index in [2.05, 4.69) is 4.98 Å². The van der Waals surface area contributed by atoms with Crippen LogP contribution in [0.2, 0.25) is 5.02 Å². The number of aromatic nitrogens is 1. The molecule has 0 aliphatic heterocycles. The van der Waals surface area contributed by atoms with Crippen molar-refractivity contribution in [2.75, 3.05) is 11.5 Å². The number of nitrogens with two attached hydrogens (primary N) is 2. The predicted molar refractivity (Wildman–Crippen MR) is 72.5 cm³/mol. The molecule has 0 saturated carbocycles. The van der Waals surface area contributed by atoms with Crippen LogP contribution in [0.5, 0.6) is 0 Å². The third-order valence-corrected chi connectivity index (χ3v) is 2.93. The molecule has 0 unspecified atom stereocenters. The van der Waals surface area contributed by atoms with Crippen LogP contribution in [0.1, 0.15) is 15.9 Å². The van der Waals surface area contributed by atoms with Crippen LogP contribution in [0.3, 0.4) is 0 Å². The van der Waals surface area contributed by atoms with Gasteiger partial charge >= 0.3 is 0 Å². The summed E-state index contributed by atoms with van der Waals surface area (Å²) in [6, 6.07) is 8.35. The van der Waals surface area contributed by atoms with Gasteiger partial charge in [0.2, 0.25) is 0 Å². The number of ketones is 1. The SMILES string of the molecule is Nc1ccc(C(=O)Cc2cccnc2N)cc1Cl. The molecule has 0 amide bonds. The average molecular weight is 262 g/mol. The number of hydrogen-bond acceptors (Lipinski definition) is 4. The fraction of sp³-hybridized carbons (Fsp3) is 0.0769. The minimum atomic E-state index is -0.0726. The predicted octanol–water partition coefficient (Wildman–Crippen LogP) is 2.32. The van der Waals surface area contributed by atoms with Crippen molar-refractivity contribution in [1.29, 1.82) is 0 Å². The number of halogens is 1. The van der Waals surface area contributed by atoms with Gasteiger partial charge in [-0.05, 0) is 24.3 Å². The molecule has 0 atom stereocenters. The second kappa shape index (κ2) is 5.06. The van der Waals surface area contributed by atoms with Gasteiger partial charge in [0.05, 0.1) is 10.7 Å². The second-order valence-corrected chi connectivity index (χ2v) is 4.29. The zero-order chi connectivity index (χ0) is 13.1. The van der Waals surface area contributed by atoms with Crippen LogP contribution < -0.4 is 11.5 Å². The van der Waals surface area contributed by atoms with Crippen molar-refractivity contribution in [2.24, 2.45) is 0 Å². The Morgan fingerprint density at radius 3 is 2.72 bits per heavy atom. The monoisotopic (exact) mass is 261 g/mol. The van der Waals surface area contributed by atoms with Gasteiger partial charge < -0.3 is 11.5 Å². The Balaban J connectivity index is 2.22. The van der Waals surface area contributed by atoms with Crippen molar-refractivity contribution < 1.29 is 4.79 Å². The molecular formula is C13H12ClN3O. The number of pyridine rings is 1. The highest BCUT2D eigenvalue weighted by molar-refractivity contribution is 6.33. The van der Waals surface area contributed by atoms with Crippen molar-refractivity contribution in [2.45, 2.75) is 6.42 Å². The zero-order valence-electron chi connectivity index (χ0n) is 9.56. The van der Waals surface area contributed by atoms with Crippen LogP contribution in [0.4, 0.5) is 11.5 Å². The van der Waals surface area contributed by atoms with Gasteiger partial charge in [-0.15, -0.1) is 0 Å². The van der Waals surface area contributed by atoms with E-state index in [9.17, 15) is 4.79 Å². The summed E-state index contributed by atoms with van der Waals surface area (Å²) in [5, 5.41) is 0.375. The van der Waals surface area contributed by atoms with Crippen molar-refractivity contribution in [3.63, 3.8) is 0 Å². The molecule has 1 aromatic heterocycles. The maximum atomic E-state index is 12.0. The van der Waals surface area contributed by atoms with Gasteiger partial charge in [0.1, 0.15) is 5.82 Å². The molecule has 5 heteroatoms. The molecule has 1 aromatic carbocycles. The Morgan fingerprint density at radius 2 is 2.06 bits per heavy atom. The number of carbonyl (C=O) groups excluding carboxylic acids is 1. The highest BCUT2D eigenvalue weighted by atomic mass is 35.5. The molecule has 4 N–H and O–H groups in total. The standard InChI is InChI=1S/C13H12ClN3O/c14-10-6-8(3-4-11(10)15)12(18)7-9-2-1-5-17-13(9)16/h1-6H,7,15H2,(H2,16,17). The number of hydrogen-bond donors (Lipinski definition) is 2. The average Bonchev–Trinajstić information content (AvgIpc) is 2.35. The zero-order valence-corrected chi connectivity index (χ0v) is 10.3. The number of rotatable bonds is 3. The lowest BCUT2D eigenvalue weighted by atomic mass is 10.0. The first-order valence-electron chi connectivity index (χ1n) is 5.35. The molecule has 2 aromatic rings. The van der Waals surface area contributed by atoms with Crippen LogP contribution in [0.25, 0.3) is 0 Å². The summed E-state index contributed by atoms with van der Waals surface area (Å²) in [5.74, 6) is 0.295. The number of Topliss-reactive ketones (excluding diaryl/α,β-unsaturated/α-hetero) is 1. The molecule has 2 rings (SSSR count). The Hall–Kier alpha value is -2.07. The summed E-state index contributed by atoms with van der Waals surface area (Å²) in [6.45, 7) is 0. The first-order valence-corrected chi connectivity index (χ1v) is 5.73. The van der Waals surface area contributed by atoms with E-state index in [4.69, 9.17) is 23.1 Å². The lowest BCUT2D eigenvalue weighted by Gasteiger charge is -2.05. The lowest BCUT2D eigenvalue weighted by molar-refractivity contribution is 0.0993. The molecule has 18 heavy (non-hydrogen) atoms. The van der Waals surface area contributed by atoms with Gasteiger partial charge in [0.25, 0.3) is 0 Å². The summed E-state index contributed by atoms with van der Waals surface area (Å²) < 4.78 is 0. The van der Waals surface area contributed by atoms with E-state index in [0.29, 0.717) is 27.7 Å². The molecular weight excluding hydrogens is 250 g/mol. The molecule has 4 nitrogen and oxygen atoms in total. The van der Waals surface area contributed by atoms with Crippen molar-refractivity contribution in [3.05, 3.63) is 52.7 Å². The number of carbonyl (C=O) groups is 1. The molecule has 0 fully saturated rings. The normalized spacial score (nSPS) is 10.3. The Kier molecular flexibility index (Phi) is 3.48. The highest BCUT2D eigenvalue weighted by Gasteiger charge is 2.10. The number of nitrogen functional groups attached to an aromatic ring is 2. The molecule has 1 heterocycles. The van der Waals surface area contributed by atoms with Gasteiger partial charge in [-0.1, -0.05) is 17.7 Å². The molecule has 0 aliphatic carbocycles. The first-order chi connectivity index (χ1) is 8.58. The van der Waals surface area contributed by atoms with Crippen molar-refractivity contribution >= 4 is 28.9 Å². The van der Waals surface area contributed by atoms with E-state index < -0.39 is 0 Å². The molecule has 0 radical (unpaired) electrons. The maximum absolute atomic E-state index is 12.0. The lowest BCUT2D eigenvalue weighted by Crippen LogP contribution is -2.07. The van der Waals surface area contributed by atoms with E-state index in [0.717, 1.165) is 0 Å². The third-order valence-electron chi connectivity index (χ3n) is 2.60. The summed E-state index contributed by atoms with van der Waals surface area (Å²) in [5.41, 5.74) is 13.0. The van der Waals surface area contributed by atoms with Crippen molar-refractivity contribution in [1.82, 2.24) is 4.98 Å². The minimum Gasteiger partial charge on any atom is -0.398 e. The van der Waals surface area contributed by atoms with E-state index in [-0.39, 0.29) is 12.2 Å². The molecule has 0 spiro atoms. The largest absolute Gasteiger partial charge is 0.398 e. The van der Waals surface area contributed by atoms with E-state index >= 15 is 0 Å². The minimum absolute atomic E-state index is 0.0726. The first kappa shape index (κ1) is 12.4. The summed E-state index contributed by atoms with van der Waals surface area (Å²) in [4.78, 5) is 16.0. The van der Waals surface area contributed by atoms with E-state index in [1.165, 1.54) is 0 Å². The van der Waals surface area contributed by atoms with Crippen LogP contribution in [-0.2, 0) is 6.42 Å². The van der Waals surface area contributed by atoms with E-state index in [1.807, 2.05) is 0 Å². The van der Waals surface area contributed by atoms with Crippen LogP contribution in [-0.4, -0.2) is 10.8 Å². The highest BCUT2D eigenvalue weighted by Crippen LogP contribution is 2.21. The van der Waals surface area contributed by atoms with Crippen LogP contribution in [0.15, 0.2) is 36.5 Å². The fourth-order valence-electron chi connectivity index (χ4n) is 1.58. The Bertz CT molecular complexity index is 599. The fourth-order valence-corrected chi connectivity index (χ4v) is 1.76.